The predicted molar refractivity (Wildman–Crippen MR) is 104 cm³/mol. The third-order valence-electron chi connectivity index (χ3n) is 4.90. The summed E-state index contributed by atoms with van der Waals surface area (Å²) in [6, 6.07) is 9.36. The van der Waals surface area contributed by atoms with Gasteiger partial charge in [-0.15, -0.1) is 0 Å². The molecule has 1 saturated heterocycles. The molecule has 1 aromatic carbocycles. The number of para-hydroxylation sites is 1. The molecular weight excluding hydrogens is 360 g/mol. The average Bonchev–Trinajstić information content (AvgIpc) is 3.13. The van der Waals surface area contributed by atoms with E-state index in [-0.39, 0.29) is 17.9 Å². The number of nitrogens with one attached hydrogen (secondary N) is 2. The summed E-state index contributed by atoms with van der Waals surface area (Å²) in [6.07, 6.45) is 1.96. The highest BCUT2D eigenvalue weighted by molar-refractivity contribution is 5.91. The van der Waals surface area contributed by atoms with Gasteiger partial charge in [0, 0.05) is 31.6 Å². The van der Waals surface area contributed by atoms with E-state index in [9.17, 15) is 9.59 Å². The Kier molecular flexibility index (Phi) is 6.52. The molecule has 0 spiro atoms. The Hall–Kier alpha value is -3.03. The summed E-state index contributed by atoms with van der Waals surface area (Å²) in [5.41, 5.74) is 1.06. The number of methoxy groups -OCH3 is 1. The molecular formula is C20H26N4O4. The molecule has 0 radical (unpaired) electrons. The van der Waals surface area contributed by atoms with Crippen molar-refractivity contribution in [1.29, 1.82) is 0 Å². The van der Waals surface area contributed by atoms with Crippen LogP contribution in [0.5, 0.6) is 5.75 Å². The summed E-state index contributed by atoms with van der Waals surface area (Å²) < 4.78 is 10.3. The molecule has 28 heavy (non-hydrogen) atoms. The molecule has 0 atom stereocenters. The fourth-order valence-electron chi connectivity index (χ4n) is 3.32. The Labute approximate surface area is 164 Å². The fourth-order valence-corrected chi connectivity index (χ4v) is 3.32. The highest BCUT2D eigenvalue weighted by atomic mass is 16.5. The van der Waals surface area contributed by atoms with Crippen LogP contribution in [0.3, 0.4) is 0 Å². The van der Waals surface area contributed by atoms with Crippen molar-refractivity contribution in [3.63, 3.8) is 0 Å². The molecule has 8 heteroatoms. The quantitative estimate of drug-likeness (QED) is 0.795. The summed E-state index contributed by atoms with van der Waals surface area (Å²) in [7, 11) is 1.64. The molecule has 3 rings (SSSR count). The number of nitrogens with zero attached hydrogens (tertiary/aromatic N) is 2. The first kappa shape index (κ1) is 19.7. The Bertz CT molecular complexity index is 812. The number of carbonyl (C=O) groups excluding carboxylic acids is 2. The zero-order valence-corrected chi connectivity index (χ0v) is 16.2. The lowest BCUT2D eigenvalue weighted by Crippen LogP contribution is -2.46. The molecule has 0 unspecified atom stereocenters. The van der Waals surface area contributed by atoms with Crippen molar-refractivity contribution in [1.82, 2.24) is 15.4 Å². The van der Waals surface area contributed by atoms with Crippen molar-refractivity contribution in [2.75, 3.05) is 32.1 Å². The van der Waals surface area contributed by atoms with Crippen LogP contribution in [0.4, 0.5) is 10.6 Å². The first-order chi connectivity index (χ1) is 13.6. The molecule has 0 bridgehead atoms. The molecule has 3 amide bonds. The van der Waals surface area contributed by atoms with E-state index in [1.165, 1.54) is 0 Å². The van der Waals surface area contributed by atoms with E-state index in [1.807, 2.05) is 24.3 Å². The number of piperidine rings is 1. The van der Waals surface area contributed by atoms with Crippen molar-refractivity contribution in [2.24, 2.45) is 5.92 Å². The fraction of sp³-hybridized carbons (Fsp3) is 0.450. The van der Waals surface area contributed by atoms with Crippen LogP contribution in [0, 0.1) is 12.8 Å². The highest BCUT2D eigenvalue weighted by Gasteiger charge is 2.27. The average molecular weight is 386 g/mol. The molecule has 150 valence electrons. The summed E-state index contributed by atoms with van der Waals surface area (Å²) >= 11 is 0. The van der Waals surface area contributed by atoms with Gasteiger partial charge in [0.05, 0.1) is 7.11 Å². The van der Waals surface area contributed by atoms with E-state index >= 15 is 0 Å². The minimum Gasteiger partial charge on any atom is -0.496 e. The second-order valence-corrected chi connectivity index (χ2v) is 6.87. The minimum atomic E-state index is -0.130. The van der Waals surface area contributed by atoms with Crippen LogP contribution in [0.2, 0.25) is 0 Å². The Morgan fingerprint density at radius 1 is 1.29 bits per heavy atom. The Balaban J connectivity index is 1.40. The van der Waals surface area contributed by atoms with Gasteiger partial charge in [-0.3, -0.25) is 4.79 Å². The van der Waals surface area contributed by atoms with E-state index in [4.69, 9.17) is 9.26 Å². The van der Waals surface area contributed by atoms with Crippen molar-refractivity contribution >= 4 is 17.8 Å². The van der Waals surface area contributed by atoms with Gasteiger partial charge in [0.2, 0.25) is 5.91 Å². The van der Waals surface area contributed by atoms with E-state index < -0.39 is 0 Å². The van der Waals surface area contributed by atoms with Crippen LogP contribution in [0.15, 0.2) is 34.9 Å². The molecule has 1 aromatic heterocycles. The van der Waals surface area contributed by atoms with Gasteiger partial charge in [0.1, 0.15) is 11.5 Å². The molecule has 0 saturated carbocycles. The van der Waals surface area contributed by atoms with E-state index in [0.29, 0.717) is 50.5 Å². The van der Waals surface area contributed by atoms with Gasteiger partial charge in [-0.2, -0.15) is 0 Å². The zero-order valence-electron chi connectivity index (χ0n) is 16.2. The van der Waals surface area contributed by atoms with E-state index in [2.05, 4.69) is 15.8 Å². The van der Waals surface area contributed by atoms with Crippen molar-refractivity contribution in [2.45, 2.75) is 26.2 Å². The van der Waals surface area contributed by atoms with Crippen LogP contribution in [-0.2, 0) is 11.2 Å². The number of hydrogen-bond donors (Lipinski definition) is 2. The van der Waals surface area contributed by atoms with Crippen LogP contribution in [0.25, 0.3) is 0 Å². The number of ether oxygens (including phenoxy) is 1. The van der Waals surface area contributed by atoms with Crippen LogP contribution < -0.4 is 15.4 Å². The molecule has 1 fully saturated rings. The lowest BCUT2D eigenvalue weighted by atomic mass is 9.96. The van der Waals surface area contributed by atoms with Gasteiger partial charge in [0.25, 0.3) is 0 Å². The van der Waals surface area contributed by atoms with E-state index in [1.54, 1.807) is 25.0 Å². The highest BCUT2D eigenvalue weighted by Crippen LogP contribution is 2.20. The number of likely N-dealkylation sites (tertiary alicyclic amines) is 1. The second kappa shape index (κ2) is 9.25. The third kappa shape index (κ3) is 5.03. The van der Waals surface area contributed by atoms with Gasteiger partial charge < -0.3 is 24.8 Å². The molecule has 0 aliphatic carbocycles. The van der Waals surface area contributed by atoms with Crippen molar-refractivity contribution in [3.05, 3.63) is 41.7 Å². The van der Waals surface area contributed by atoms with Crippen molar-refractivity contribution in [3.8, 4) is 5.75 Å². The van der Waals surface area contributed by atoms with Crippen molar-refractivity contribution < 1.29 is 18.8 Å². The van der Waals surface area contributed by atoms with Gasteiger partial charge in [-0.05, 0) is 37.8 Å². The standard InChI is InChI=1S/C20H26N4O4/c1-14-13-18(23-28-14)22-19(25)16-8-11-24(12-9-16)20(26)21-10-7-15-5-3-4-6-17(15)27-2/h3-6,13,16H,7-12H2,1-2H3,(H,21,26)(H,22,23,25). The number of hydrogen-bond acceptors (Lipinski definition) is 5. The first-order valence-corrected chi connectivity index (χ1v) is 9.45. The van der Waals surface area contributed by atoms with Crippen LogP contribution in [0.1, 0.15) is 24.2 Å². The summed E-state index contributed by atoms with van der Waals surface area (Å²) in [5, 5.41) is 9.49. The van der Waals surface area contributed by atoms with Crippen LogP contribution in [-0.4, -0.2) is 48.7 Å². The number of carbonyl (C=O) groups is 2. The SMILES string of the molecule is COc1ccccc1CCNC(=O)N1CCC(C(=O)Nc2cc(C)on2)CC1. The summed E-state index contributed by atoms with van der Waals surface area (Å²) in [4.78, 5) is 26.4. The maximum Gasteiger partial charge on any atom is 0.317 e. The predicted octanol–water partition coefficient (Wildman–Crippen LogP) is 2.59. The number of aromatic nitrogens is 1. The van der Waals surface area contributed by atoms with Gasteiger partial charge >= 0.3 is 6.03 Å². The molecule has 1 aliphatic rings. The second-order valence-electron chi connectivity index (χ2n) is 6.87. The number of anilines is 1. The monoisotopic (exact) mass is 386 g/mol. The summed E-state index contributed by atoms with van der Waals surface area (Å²) in [5.74, 6) is 1.69. The maximum atomic E-state index is 12.4. The number of rotatable bonds is 6. The van der Waals surface area contributed by atoms with Gasteiger partial charge in [-0.25, -0.2) is 4.79 Å². The normalized spacial score (nSPS) is 14.6. The largest absolute Gasteiger partial charge is 0.496 e. The topological polar surface area (TPSA) is 96.7 Å². The number of urea groups is 1. The Morgan fingerprint density at radius 3 is 2.71 bits per heavy atom. The van der Waals surface area contributed by atoms with E-state index in [0.717, 1.165) is 11.3 Å². The number of aryl methyl sites for hydroxylation is 1. The molecule has 8 nitrogen and oxygen atoms in total. The van der Waals surface area contributed by atoms with Crippen LogP contribution >= 0.6 is 0 Å². The zero-order chi connectivity index (χ0) is 19.9. The minimum absolute atomic E-state index is 0.0791. The smallest absolute Gasteiger partial charge is 0.317 e. The first-order valence-electron chi connectivity index (χ1n) is 9.45. The lowest BCUT2D eigenvalue weighted by Gasteiger charge is -2.31. The van der Waals surface area contributed by atoms with Gasteiger partial charge in [0.15, 0.2) is 5.82 Å². The molecule has 2 N–H and O–H groups in total. The third-order valence-corrected chi connectivity index (χ3v) is 4.90. The Morgan fingerprint density at radius 2 is 2.04 bits per heavy atom. The molecule has 2 heterocycles. The number of amides is 3. The maximum absolute atomic E-state index is 12.4. The molecule has 1 aliphatic heterocycles. The summed E-state index contributed by atoms with van der Waals surface area (Å²) in [6.45, 7) is 3.41. The molecule has 2 aromatic rings. The lowest BCUT2D eigenvalue weighted by molar-refractivity contribution is -0.121. The van der Waals surface area contributed by atoms with Gasteiger partial charge in [-0.1, -0.05) is 23.4 Å². The number of benzene rings is 1.